The zero-order chi connectivity index (χ0) is 22.3. The van der Waals surface area contributed by atoms with Gasteiger partial charge < -0.3 is 9.64 Å². The second-order valence-corrected chi connectivity index (χ2v) is 8.97. The third kappa shape index (κ3) is 6.55. The van der Waals surface area contributed by atoms with Gasteiger partial charge in [-0.1, -0.05) is 30.7 Å². The molecule has 1 atom stereocenters. The zero-order valence-corrected chi connectivity index (χ0v) is 18.7. The molecule has 0 aliphatic heterocycles. The summed E-state index contributed by atoms with van der Waals surface area (Å²) >= 11 is 5.90. The number of methoxy groups -OCH3 is 1. The number of ether oxygens (including phenoxy) is 1. The number of amides is 1. The molecule has 0 heterocycles. The number of halogens is 1. The minimum atomic E-state index is -3.67. The molecule has 2 aromatic rings. The van der Waals surface area contributed by atoms with Crippen molar-refractivity contribution in [3.63, 3.8) is 0 Å². The van der Waals surface area contributed by atoms with Gasteiger partial charge in [0, 0.05) is 23.2 Å². The van der Waals surface area contributed by atoms with Crippen LogP contribution in [0.3, 0.4) is 0 Å². The second kappa shape index (κ2) is 10.6. The van der Waals surface area contributed by atoms with E-state index in [9.17, 15) is 18.0 Å². The SMILES string of the molecule is CCC(C)NS(=O)(=O)c1ccc(C(=O)N(CC(=O)OC)Cc2ccc(Cl)cc2)cc1. The monoisotopic (exact) mass is 452 g/mol. The molecule has 0 saturated heterocycles. The highest BCUT2D eigenvalue weighted by Crippen LogP contribution is 2.16. The molecule has 162 valence electrons. The molecule has 30 heavy (non-hydrogen) atoms. The van der Waals surface area contributed by atoms with Crippen LogP contribution < -0.4 is 4.72 Å². The van der Waals surface area contributed by atoms with Crippen LogP contribution in [0.2, 0.25) is 5.02 Å². The smallest absolute Gasteiger partial charge is 0.325 e. The molecule has 0 spiro atoms. The molecule has 0 aliphatic rings. The standard InChI is InChI=1S/C21H25ClN2O5S/c1-4-15(2)23-30(27,28)19-11-7-17(8-12-19)21(26)24(14-20(25)29-3)13-16-5-9-18(22)10-6-16/h5-12,15,23H,4,13-14H2,1-3H3. The molecule has 0 radical (unpaired) electrons. The molecule has 0 aromatic heterocycles. The molecule has 0 saturated carbocycles. The molecule has 7 nitrogen and oxygen atoms in total. The Hall–Kier alpha value is -2.42. The number of sulfonamides is 1. The summed E-state index contributed by atoms with van der Waals surface area (Å²) in [6, 6.07) is 12.3. The lowest BCUT2D eigenvalue weighted by Gasteiger charge is -2.22. The first kappa shape index (κ1) is 23.9. The number of esters is 1. The average molecular weight is 453 g/mol. The Morgan fingerprint density at radius 3 is 2.23 bits per heavy atom. The van der Waals surface area contributed by atoms with E-state index in [0.717, 1.165) is 5.56 Å². The van der Waals surface area contributed by atoms with E-state index < -0.39 is 21.9 Å². The van der Waals surface area contributed by atoms with Crippen molar-refractivity contribution in [1.29, 1.82) is 0 Å². The third-order valence-electron chi connectivity index (χ3n) is 4.50. The molecule has 1 N–H and O–H groups in total. The van der Waals surface area contributed by atoms with E-state index in [1.807, 2.05) is 6.92 Å². The summed E-state index contributed by atoms with van der Waals surface area (Å²) < 4.78 is 32.0. The highest BCUT2D eigenvalue weighted by Gasteiger charge is 2.21. The van der Waals surface area contributed by atoms with Crippen LogP contribution in [0.15, 0.2) is 53.4 Å². The van der Waals surface area contributed by atoms with Crippen LogP contribution in [-0.4, -0.2) is 44.9 Å². The van der Waals surface area contributed by atoms with Gasteiger partial charge in [0.25, 0.3) is 5.91 Å². The molecular weight excluding hydrogens is 428 g/mol. The van der Waals surface area contributed by atoms with Crippen molar-refractivity contribution >= 4 is 33.5 Å². The van der Waals surface area contributed by atoms with E-state index in [0.29, 0.717) is 11.4 Å². The van der Waals surface area contributed by atoms with Crippen molar-refractivity contribution in [2.24, 2.45) is 0 Å². The summed E-state index contributed by atoms with van der Waals surface area (Å²) in [5.74, 6) is -0.983. The Kier molecular flexibility index (Phi) is 8.40. The Morgan fingerprint density at radius 2 is 1.70 bits per heavy atom. The normalized spacial score (nSPS) is 12.3. The van der Waals surface area contributed by atoms with Gasteiger partial charge in [-0.25, -0.2) is 13.1 Å². The van der Waals surface area contributed by atoms with E-state index in [2.05, 4.69) is 4.72 Å². The molecule has 9 heteroatoms. The summed E-state index contributed by atoms with van der Waals surface area (Å²) in [4.78, 5) is 26.2. The lowest BCUT2D eigenvalue weighted by atomic mass is 10.1. The van der Waals surface area contributed by atoms with Gasteiger partial charge in [-0.05, 0) is 55.3 Å². The van der Waals surface area contributed by atoms with Gasteiger partial charge in [0.15, 0.2) is 0 Å². The van der Waals surface area contributed by atoms with Gasteiger partial charge in [-0.2, -0.15) is 0 Å². The number of carbonyl (C=O) groups excluding carboxylic acids is 2. The number of carbonyl (C=O) groups is 2. The third-order valence-corrected chi connectivity index (χ3v) is 6.36. The predicted molar refractivity (Wildman–Crippen MR) is 115 cm³/mol. The Balaban J connectivity index is 2.24. The summed E-state index contributed by atoms with van der Waals surface area (Å²) in [7, 11) is -2.42. The minimum Gasteiger partial charge on any atom is -0.468 e. The minimum absolute atomic E-state index is 0.0663. The summed E-state index contributed by atoms with van der Waals surface area (Å²) in [5.41, 5.74) is 1.05. The highest BCUT2D eigenvalue weighted by molar-refractivity contribution is 7.89. The number of benzene rings is 2. The van der Waals surface area contributed by atoms with Crippen molar-refractivity contribution < 1.29 is 22.7 Å². The van der Waals surface area contributed by atoms with Crippen LogP contribution in [0.1, 0.15) is 36.2 Å². The maximum atomic E-state index is 13.0. The molecule has 1 unspecified atom stereocenters. The first-order valence-electron chi connectivity index (χ1n) is 9.39. The number of nitrogens with one attached hydrogen (secondary N) is 1. The van der Waals surface area contributed by atoms with Crippen LogP contribution in [0, 0.1) is 0 Å². The van der Waals surface area contributed by atoms with E-state index in [1.54, 1.807) is 31.2 Å². The first-order valence-corrected chi connectivity index (χ1v) is 11.2. The van der Waals surface area contributed by atoms with Crippen molar-refractivity contribution in [2.45, 2.75) is 37.8 Å². The van der Waals surface area contributed by atoms with E-state index in [4.69, 9.17) is 16.3 Å². The molecule has 2 rings (SSSR count). The molecule has 0 aliphatic carbocycles. The Morgan fingerprint density at radius 1 is 1.10 bits per heavy atom. The van der Waals surface area contributed by atoms with Crippen LogP contribution in [0.25, 0.3) is 0 Å². The van der Waals surface area contributed by atoms with E-state index in [1.165, 1.54) is 36.3 Å². The summed E-state index contributed by atoms with van der Waals surface area (Å²) in [6.07, 6.45) is 0.656. The number of nitrogens with zero attached hydrogens (tertiary/aromatic N) is 1. The quantitative estimate of drug-likeness (QED) is 0.589. The van der Waals surface area contributed by atoms with Crippen LogP contribution in [-0.2, 0) is 26.1 Å². The summed E-state index contributed by atoms with van der Waals surface area (Å²) in [6.45, 7) is 3.58. The molecule has 1 amide bonds. The van der Waals surface area contributed by atoms with Crippen molar-refractivity contribution in [2.75, 3.05) is 13.7 Å². The molecule has 0 fully saturated rings. The maximum Gasteiger partial charge on any atom is 0.325 e. The van der Waals surface area contributed by atoms with Gasteiger partial charge in [-0.15, -0.1) is 0 Å². The highest BCUT2D eigenvalue weighted by atomic mass is 35.5. The second-order valence-electron chi connectivity index (χ2n) is 6.82. The predicted octanol–water partition coefficient (Wildman–Crippen LogP) is 3.23. The van der Waals surface area contributed by atoms with Crippen molar-refractivity contribution in [3.05, 3.63) is 64.7 Å². The largest absolute Gasteiger partial charge is 0.468 e. The first-order chi connectivity index (χ1) is 14.2. The van der Waals surface area contributed by atoms with E-state index in [-0.39, 0.29) is 29.6 Å². The van der Waals surface area contributed by atoms with Gasteiger partial charge in [-0.3, -0.25) is 9.59 Å². The number of hydrogen-bond acceptors (Lipinski definition) is 5. The van der Waals surface area contributed by atoms with Gasteiger partial charge in [0.1, 0.15) is 6.54 Å². The van der Waals surface area contributed by atoms with Crippen LogP contribution >= 0.6 is 11.6 Å². The van der Waals surface area contributed by atoms with Gasteiger partial charge >= 0.3 is 5.97 Å². The average Bonchev–Trinajstić information content (AvgIpc) is 2.73. The van der Waals surface area contributed by atoms with Crippen molar-refractivity contribution in [1.82, 2.24) is 9.62 Å². The maximum absolute atomic E-state index is 13.0. The lowest BCUT2D eigenvalue weighted by molar-refractivity contribution is -0.141. The van der Waals surface area contributed by atoms with E-state index >= 15 is 0 Å². The summed E-state index contributed by atoms with van der Waals surface area (Å²) in [5, 5.41) is 0.562. The molecular formula is C21H25ClN2O5S. The fourth-order valence-corrected chi connectivity index (χ4v) is 4.06. The Bertz CT molecular complexity index is 975. The Labute approximate surface area is 182 Å². The number of hydrogen-bond donors (Lipinski definition) is 1. The molecule has 0 bridgehead atoms. The fraction of sp³-hybridized carbons (Fsp3) is 0.333. The topological polar surface area (TPSA) is 92.8 Å². The number of rotatable bonds is 9. The van der Waals surface area contributed by atoms with Crippen LogP contribution in [0.4, 0.5) is 0 Å². The fourth-order valence-electron chi connectivity index (χ4n) is 2.61. The van der Waals surface area contributed by atoms with Crippen LogP contribution in [0.5, 0.6) is 0 Å². The lowest BCUT2D eigenvalue weighted by Crippen LogP contribution is -2.36. The van der Waals surface area contributed by atoms with Gasteiger partial charge in [0.05, 0.1) is 12.0 Å². The molecule has 2 aromatic carbocycles. The van der Waals surface area contributed by atoms with Gasteiger partial charge in [0.2, 0.25) is 10.0 Å². The zero-order valence-electron chi connectivity index (χ0n) is 17.1. The van der Waals surface area contributed by atoms with Crippen molar-refractivity contribution in [3.8, 4) is 0 Å².